The smallest absolute Gasteiger partial charge is 0.0571 e. The summed E-state index contributed by atoms with van der Waals surface area (Å²) in [5, 5.41) is 4.04. The van der Waals surface area contributed by atoms with E-state index in [4.69, 9.17) is 0 Å². The van der Waals surface area contributed by atoms with Gasteiger partial charge in [0.25, 0.3) is 0 Å². The average Bonchev–Trinajstić information content (AvgIpc) is 2.05. The molecule has 0 aromatic heterocycles. The molecule has 1 aromatic rings. The van der Waals surface area contributed by atoms with Crippen LogP contribution in [0.25, 0.3) is 0 Å². The van der Waals surface area contributed by atoms with Crippen molar-refractivity contribution in [3.63, 3.8) is 0 Å². The number of nitrogens with zero attached hydrogens (tertiary/aromatic N) is 1. The molecule has 0 aliphatic rings. The van der Waals surface area contributed by atoms with Crippen LogP contribution in [0.2, 0.25) is 0 Å². The normalized spacial score (nSPS) is 9.40. The second-order valence-electron chi connectivity index (χ2n) is 1.92. The van der Waals surface area contributed by atoms with Crippen LogP contribution in [-0.4, -0.2) is 13.3 Å². The maximum Gasteiger partial charge on any atom is 0.0571 e. The summed E-state index contributed by atoms with van der Waals surface area (Å²) in [6, 6.07) is 8.19. The van der Waals surface area contributed by atoms with Crippen LogP contribution in [0.3, 0.4) is 0 Å². The molecule has 0 fully saturated rings. The Labute approximate surface area is 65.8 Å². The number of rotatable bonds is 2. The Morgan fingerprint density at radius 1 is 1.20 bits per heavy atom. The van der Waals surface area contributed by atoms with Gasteiger partial charge in [-0.15, -0.1) is 11.8 Å². The molecule has 1 radical (unpaired) electrons. The fraction of sp³-hybridized carbons (Fsp3) is 0.250. The van der Waals surface area contributed by atoms with Gasteiger partial charge in [0.1, 0.15) is 0 Å². The first-order valence-corrected chi connectivity index (χ1v) is 4.33. The average molecular weight is 152 g/mol. The van der Waals surface area contributed by atoms with E-state index in [9.17, 15) is 0 Å². The summed E-state index contributed by atoms with van der Waals surface area (Å²) < 4.78 is 0. The zero-order chi connectivity index (χ0) is 7.40. The largest absolute Gasteiger partial charge is 0.289 e. The SMILES string of the molecule is C[N]c1ccc(SC)cc1. The first kappa shape index (κ1) is 7.48. The van der Waals surface area contributed by atoms with Crippen LogP contribution in [0.15, 0.2) is 29.2 Å². The molecule has 0 bridgehead atoms. The van der Waals surface area contributed by atoms with Crippen molar-refractivity contribution < 1.29 is 0 Å². The predicted octanol–water partition coefficient (Wildman–Crippen LogP) is 2.27. The summed E-state index contributed by atoms with van der Waals surface area (Å²) in [6.07, 6.45) is 2.07. The Kier molecular flexibility index (Phi) is 2.63. The van der Waals surface area contributed by atoms with E-state index >= 15 is 0 Å². The van der Waals surface area contributed by atoms with Gasteiger partial charge in [-0.1, -0.05) is 0 Å². The predicted molar refractivity (Wildman–Crippen MR) is 45.9 cm³/mol. The maximum absolute atomic E-state index is 4.04. The molecule has 0 spiro atoms. The summed E-state index contributed by atoms with van der Waals surface area (Å²) >= 11 is 1.75. The molecule has 10 heavy (non-hydrogen) atoms. The van der Waals surface area contributed by atoms with Gasteiger partial charge in [0, 0.05) is 11.9 Å². The van der Waals surface area contributed by atoms with Crippen molar-refractivity contribution in [3.05, 3.63) is 24.3 Å². The Morgan fingerprint density at radius 2 is 1.80 bits per heavy atom. The van der Waals surface area contributed by atoms with Crippen molar-refractivity contribution in [3.8, 4) is 0 Å². The van der Waals surface area contributed by atoms with Gasteiger partial charge >= 0.3 is 0 Å². The summed E-state index contributed by atoms with van der Waals surface area (Å²) in [5.74, 6) is 0. The number of thioether (sulfide) groups is 1. The van der Waals surface area contributed by atoms with E-state index in [1.54, 1.807) is 18.8 Å². The van der Waals surface area contributed by atoms with Gasteiger partial charge in [0.2, 0.25) is 0 Å². The van der Waals surface area contributed by atoms with Gasteiger partial charge in [-0.3, -0.25) is 5.32 Å². The highest BCUT2D eigenvalue weighted by atomic mass is 32.2. The zero-order valence-corrected chi connectivity index (χ0v) is 6.98. The fourth-order valence-corrected chi connectivity index (χ4v) is 1.14. The van der Waals surface area contributed by atoms with E-state index in [0.29, 0.717) is 0 Å². The first-order valence-electron chi connectivity index (χ1n) is 3.10. The molecule has 1 nitrogen and oxygen atoms in total. The lowest BCUT2D eigenvalue weighted by molar-refractivity contribution is 1.09. The molecule has 0 aliphatic carbocycles. The molecule has 1 aromatic carbocycles. The van der Waals surface area contributed by atoms with Crippen molar-refractivity contribution in [2.24, 2.45) is 0 Å². The lowest BCUT2D eigenvalue weighted by Gasteiger charge is -1.97. The van der Waals surface area contributed by atoms with Gasteiger partial charge in [-0.05, 0) is 30.5 Å². The van der Waals surface area contributed by atoms with E-state index in [0.717, 1.165) is 5.69 Å². The quantitative estimate of drug-likeness (QED) is 0.593. The number of hydrogen-bond acceptors (Lipinski definition) is 1. The Morgan fingerprint density at radius 3 is 2.20 bits per heavy atom. The Balaban J connectivity index is 2.80. The van der Waals surface area contributed by atoms with Crippen molar-refractivity contribution in [2.75, 3.05) is 13.3 Å². The third kappa shape index (κ3) is 1.67. The molecule has 2 heteroatoms. The van der Waals surface area contributed by atoms with Crippen LogP contribution in [0.4, 0.5) is 5.69 Å². The summed E-state index contributed by atoms with van der Waals surface area (Å²) in [5.41, 5.74) is 1.04. The Bertz CT molecular complexity index is 170. The van der Waals surface area contributed by atoms with Gasteiger partial charge in [-0.2, -0.15) is 0 Å². The standard InChI is InChI=1S/C8H10NS/c1-9-7-3-5-8(10-2)6-4-7/h3-6H,1-2H3. The highest BCUT2D eigenvalue weighted by Gasteiger charge is 1.89. The maximum atomic E-state index is 4.04. The second-order valence-corrected chi connectivity index (χ2v) is 2.80. The molecular formula is C8H10NS. The minimum absolute atomic E-state index is 1.04. The lowest BCUT2D eigenvalue weighted by Crippen LogP contribution is -1.84. The van der Waals surface area contributed by atoms with E-state index in [1.165, 1.54) is 4.90 Å². The summed E-state index contributed by atoms with van der Waals surface area (Å²) in [4.78, 5) is 1.28. The highest BCUT2D eigenvalue weighted by molar-refractivity contribution is 7.98. The van der Waals surface area contributed by atoms with Crippen LogP contribution in [0.5, 0.6) is 0 Å². The summed E-state index contributed by atoms with van der Waals surface area (Å²) in [7, 11) is 1.80. The van der Waals surface area contributed by atoms with Gasteiger partial charge in [0.15, 0.2) is 0 Å². The monoisotopic (exact) mass is 152 g/mol. The second kappa shape index (κ2) is 3.52. The molecule has 0 saturated heterocycles. The molecule has 1 rings (SSSR count). The third-order valence-electron chi connectivity index (χ3n) is 1.33. The molecule has 0 heterocycles. The van der Waals surface area contributed by atoms with Crippen LogP contribution >= 0.6 is 11.8 Å². The fourth-order valence-electron chi connectivity index (χ4n) is 0.731. The number of hydrogen-bond donors (Lipinski definition) is 0. The van der Waals surface area contributed by atoms with Gasteiger partial charge < -0.3 is 0 Å². The first-order chi connectivity index (χ1) is 4.86. The minimum Gasteiger partial charge on any atom is -0.289 e. The van der Waals surface area contributed by atoms with Crippen LogP contribution < -0.4 is 5.32 Å². The highest BCUT2D eigenvalue weighted by Crippen LogP contribution is 2.16. The Hall–Kier alpha value is -0.630. The molecule has 0 unspecified atom stereocenters. The van der Waals surface area contributed by atoms with Gasteiger partial charge in [-0.25, -0.2) is 0 Å². The van der Waals surface area contributed by atoms with Crippen molar-refractivity contribution in [1.29, 1.82) is 0 Å². The zero-order valence-electron chi connectivity index (χ0n) is 6.16. The van der Waals surface area contributed by atoms with E-state index in [1.807, 2.05) is 12.1 Å². The third-order valence-corrected chi connectivity index (χ3v) is 2.07. The minimum atomic E-state index is 1.04. The van der Waals surface area contributed by atoms with E-state index < -0.39 is 0 Å². The number of benzene rings is 1. The molecule has 0 amide bonds. The van der Waals surface area contributed by atoms with Crippen molar-refractivity contribution >= 4 is 17.4 Å². The van der Waals surface area contributed by atoms with Gasteiger partial charge in [0.05, 0.1) is 5.69 Å². The topological polar surface area (TPSA) is 14.1 Å². The molecule has 0 saturated carbocycles. The lowest BCUT2D eigenvalue weighted by atomic mass is 10.3. The van der Waals surface area contributed by atoms with E-state index in [2.05, 4.69) is 23.7 Å². The molecule has 0 N–H and O–H groups in total. The van der Waals surface area contributed by atoms with Crippen molar-refractivity contribution in [2.45, 2.75) is 4.90 Å². The molecular weight excluding hydrogens is 142 g/mol. The van der Waals surface area contributed by atoms with Crippen LogP contribution in [-0.2, 0) is 0 Å². The van der Waals surface area contributed by atoms with Crippen molar-refractivity contribution in [1.82, 2.24) is 5.32 Å². The summed E-state index contributed by atoms with van der Waals surface area (Å²) in [6.45, 7) is 0. The molecule has 0 atom stereocenters. The molecule has 0 aliphatic heterocycles. The van der Waals surface area contributed by atoms with Crippen LogP contribution in [0.1, 0.15) is 0 Å². The molecule has 53 valence electrons. The van der Waals surface area contributed by atoms with E-state index in [-0.39, 0.29) is 0 Å². The van der Waals surface area contributed by atoms with Crippen LogP contribution in [0, 0.1) is 0 Å².